The van der Waals surface area contributed by atoms with E-state index in [1.54, 1.807) is 0 Å². The van der Waals surface area contributed by atoms with E-state index in [1.807, 2.05) is 0 Å². The summed E-state index contributed by atoms with van der Waals surface area (Å²) in [6.07, 6.45) is 12.5. The van der Waals surface area contributed by atoms with Crippen molar-refractivity contribution in [3.05, 3.63) is 144 Å². The van der Waals surface area contributed by atoms with E-state index in [9.17, 15) is 0 Å². The Hall–Kier alpha value is -3.95. The first-order valence-electron chi connectivity index (χ1n) is 13.6. The lowest BCUT2D eigenvalue weighted by atomic mass is 9.72. The molecule has 3 aliphatic heterocycles. The number of benzene rings is 4. The van der Waals surface area contributed by atoms with Gasteiger partial charge in [-0.2, -0.15) is 10.0 Å². The third-order valence-electron chi connectivity index (χ3n) is 8.67. The number of hydrogen-bond donors (Lipinski definition) is 0. The lowest BCUT2D eigenvalue weighted by Gasteiger charge is -2.45. The van der Waals surface area contributed by atoms with Crippen molar-refractivity contribution in [2.45, 2.75) is 35.5 Å². The van der Waals surface area contributed by atoms with Crippen molar-refractivity contribution in [3.63, 3.8) is 0 Å². The first kappa shape index (κ1) is 24.1. The highest BCUT2D eigenvalue weighted by Crippen LogP contribution is 2.66. The highest BCUT2D eigenvalue weighted by Gasteiger charge is 2.38. The van der Waals surface area contributed by atoms with Crippen LogP contribution in [-0.2, 0) is 11.8 Å². The molecule has 0 spiro atoms. The maximum absolute atomic E-state index is 4.62. The van der Waals surface area contributed by atoms with Crippen LogP contribution in [0.4, 0.5) is 22.7 Å². The zero-order valence-electron chi connectivity index (χ0n) is 23.1. The molecule has 0 saturated carbocycles. The third kappa shape index (κ3) is 3.43. The van der Waals surface area contributed by atoms with Crippen molar-refractivity contribution in [2.75, 3.05) is 22.3 Å². The van der Waals surface area contributed by atoms with Gasteiger partial charge >= 0.3 is 0 Å². The second kappa shape index (κ2) is 8.53. The molecule has 39 heavy (non-hydrogen) atoms. The van der Waals surface area contributed by atoms with Crippen molar-refractivity contribution < 1.29 is 0 Å². The van der Waals surface area contributed by atoms with Crippen LogP contribution < -0.4 is 9.80 Å². The molecule has 0 fully saturated rings. The van der Waals surface area contributed by atoms with E-state index in [-0.39, 0.29) is 5.41 Å². The molecule has 0 saturated heterocycles. The van der Waals surface area contributed by atoms with Crippen LogP contribution in [-0.4, -0.2) is 12.5 Å². The number of rotatable bonds is 1. The van der Waals surface area contributed by atoms with E-state index >= 15 is 0 Å². The van der Waals surface area contributed by atoms with E-state index in [1.165, 1.54) is 54.9 Å². The van der Waals surface area contributed by atoms with Crippen molar-refractivity contribution >= 4 is 32.8 Å². The fourth-order valence-corrected chi connectivity index (χ4v) is 9.10. The molecule has 0 aromatic heterocycles. The van der Waals surface area contributed by atoms with Gasteiger partial charge in [0, 0.05) is 26.6 Å². The van der Waals surface area contributed by atoms with Crippen molar-refractivity contribution in [1.29, 1.82) is 0 Å². The maximum atomic E-state index is 4.62. The van der Waals surface area contributed by atoms with Gasteiger partial charge in [0.2, 0.25) is 0 Å². The summed E-state index contributed by atoms with van der Waals surface area (Å²) in [6, 6.07) is 33.5. The minimum Gasteiger partial charge on any atom is -0.310 e. The third-order valence-corrected chi connectivity index (χ3v) is 11.6. The van der Waals surface area contributed by atoms with E-state index in [0.717, 1.165) is 12.1 Å². The van der Waals surface area contributed by atoms with Gasteiger partial charge in [0.05, 0.1) is 22.7 Å². The second-order valence-electron chi connectivity index (χ2n) is 11.5. The predicted octanol–water partition coefficient (Wildman–Crippen LogP) is 9.61. The Morgan fingerprint density at radius 1 is 0.667 bits per heavy atom. The van der Waals surface area contributed by atoms with Crippen LogP contribution in [0.15, 0.2) is 137 Å². The lowest BCUT2D eigenvalue weighted by Crippen LogP contribution is -2.32. The molecule has 0 bridgehead atoms. The van der Waals surface area contributed by atoms with Crippen LogP contribution in [0.2, 0.25) is 0 Å². The van der Waals surface area contributed by atoms with E-state index in [0.29, 0.717) is 0 Å². The molecule has 194 valence electrons. The number of fused-ring (bicyclic) bond motifs is 4. The van der Waals surface area contributed by atoms with Crippen LogP contribution in [0.1, 0.15) is 30.5 Å². The molecular weight excluding hydrogens is 492 g/mol. The van der Waals surface area contributed by atoms with Gasteiger partial charge in [0.25, 0.3) is 0 Å². The average Bonchev–Trinajstić information content (AvgIpc) is 3.01. The fourth-order valence-electron chi connectivity index (χ4n) is 6.66. The Morgan fingerprint density at radius 3 is 1.95 bits per heavy atom. The fraction of sp³-hybridized carbons (Fsp3) is 0.167. The number of nitrogens with zero attached hydrogens (tertiary/aromatic N) is 2. The Kier molecular flexibility index (Phi) is 5.27. The van der Waals surface area contributed by atoms with E-state index in [2.05, 4.69) is 152 Å². The summed E-state index contributed by atoms with van der Waals surface area (Å²) in [4.78, 5) is 7.69. The predicted molar refractivity (Wildman–Crippen MR) is 168 cm³/mol. The minimum atomic E-state index is -1.13. The smallest absolute Gasteiger partial charge is 0.0585 e. The summed E-state index contributed by atoms with van der Waals surface area (Å²) in [6.45, 7) is 9.31. The minimum absolute atomic E-state index is 0.0951. The van der Waals surface area contributed by atoms with E-state index < -0.39 is 10.0 Å². The number of hydrogen-bond acceptors (Lipinski definition) is 2. The molecule has 0 N–H and O–H groups in total. The van der Waals surface area contributed by atoms with Crippen LogP contribution in [0.5, 0.6) is 0 Å². The van der Waals surface area contributed by atoms with Gasteiger partial charge < -0.3 is 9.80 Å². The highest BCUT2D eigenvalue weighted by molar-refractivity contribution is 8.33. The monoisotopic (exact) mass is 526 g/mol. The highest BCUT2D eigenvalue weighted by atomic mass is 32.3. The van der Waals surface area contributed by atoms with Gasteiger partial charge in [-0.3, -0.25) is 0 Å². The van der Waals surface area contributed by atoms with E-state index in [4.69, 9.17) is 0 Å². The Balaban J connectivity index is 1.45. The summed E-state index contributed by atoms with van der Waals surface area (Å²) < 4.78 is 0. The summed E-state index contributed by atoms with van der Waals surface area (Å²) >= 11 is 0. The van der Waals surface area contributed by atoms with Crippen molar-refractivity contribution in [3.8, 4) is 0 Å². The Morgan fingerprint density at radius 2 is 1.26 bits per heavy atom. The molecule has 0 radical (unpaired) electrons. The SMILES string of the molecule is C=C1/C=C\C(N2c3ccccc3S(C)(C)c3ccccc32)=C/Cc2cccc3c2N1c1ccccc1C3(C)C. The maximum Gasteiger partial charge on any atom is 0.0585 e. The topological polar surface area (TPSA) is 6.48 Å². The molecule has 3 heteroatoms. The van der Waals surface area contributed by atoms with Gasteiger partial charge in [0.1, 0.15) is 0 Å². The van der Waals surface area contributed by atoms with Crippen LogP contribution in [0.25, 0.3) is 0 Å². The Bertz CT molecular complexity index is 1670. The molecule has 0 aliphatic carbocycles. The molecule has 4 aromatic rings. The van der Waals surface area contributed by atoms with Crippen molar-refractivity contribution in [2.24, 2.45) is 0 Å². The van der Waals surface area contributed by atoms with Gasteiger partial charge in [-0.25, -0.2) is 0 Å². The quantitative estimate of drug-likeness (QED) is 0.244. The lowest BCUT2D eigenvalue weighted by molar-refractivity contribution is 0.629. The molecule has 7 rings (SSSR count). The van der Waals surface area contributed by atoms with Crippen LogP contribution >= 0.6 is 10.0 Å². The zero-order chi connectivity index (χ0) is 26.9. The van der Waals surface area contributed by atoms with Gasteiger partial charge in [0.15, 0.2) is 0 Å². The molecule has 3 aliphatic rings. The summed E-state index contributed by atoms with van der Waals surface area (Å²) in [5.41, 5.74) is 11.1. The van der Waals surface area contributed by atoms with Gasteiger partial charge in [-0.1, -0.05) is 87.2 Å². The standard InChI is InChI=1S/C36H34N2S/c1-25-21-23-27(38-31-17-8-10-19-33(31)39(4,5)34-20-11-9-18-32(34)38)24-22-26-13-12-15-29-35(26)37(25)30-16-7-6-14-28(30)36(29,2)3/h6-21,23-24H,1,22H2,2-5H3/b23-21-,27-24+. The average molecular weight is 527 g/mol. The molecular formula is C36H34N2S. The number of anilines is 4. The number of allylic oxidation sites excluding steroid dienone is 3. The molecule has 0 atom stereocenters. The normalized spacial score (nSPS) is 21.0. The molecule has 4 aromatic carbocycles. The van der Waals surface area contributed by atoms with Crippen LogP contribution in [0, 0.1) is 0 Å². The molecule has 0 amide bonds. The molecule has 0 unspecified atom stereocenters. The van der Waals surface area contributed by atoms with Gasteiger partial charge in [-0.05, 0) is 78.1 Å². The summed E-state index contributed by atoms with van der Waals surface area (Å²) in [5, 5.41) is 0. The number of para-hydroxylation sites is 4. The summed E-state index contributed by atoms with van der Waals surface area (Å²) in [7, 11) is -1.13. The largest absolute Gasteiger partial charge is 0.310 e. The zero-order valence-corrected chi connectivity index (χ0v) is 23.9. The van der Waals surface area contributed by atoms with Gasteiger partial charge in [-0.15, -0.1) is 0 Å². The summed E-state index contributed by atoms with van der Waals surface area (Å²) in [5.74, 6) is 0. The first-order chi connectivity index (χ1) is 18.8. The molecule has 3 heterocycles. The van der Waals surface area contributed by atoms with Crippen molar-refractivity contribution in [1.82, 2.24) is 0 Å². The second-order valence-corrected chi connectivity index (χ2v) is 15.1. The first-order valence-corrected chi connectivity index (χ1v) is 16.1. The Labute approximate surface area is 233 Å². The van der Waals surface area contributed by atoms with Crippen LogP contribution in [0.3, 0.4) is 0 Å². The molecule has 2 nitrogen and oxygen atoms in total.